The number of hydrogen-bond donors (Lipinski definition) is 0. The third-order valence-electron chi connectivity index (χ3n) is 4.53. The quantitative estimate of drug-likeness (QED) is 0.338. The second-order valence-corrected chi connectivity index (χ2v) is 13.1. The summed E-state index contributed by atoms with van der Waals surface area (Å²) < 4.78 is 22.8. The zero-order valence-corrected chi connectivity index (χ0v) is 19.5. The Kier molecular flexibility index (Phi) is 7.72. The molecule has 3 aromatic rings. The van der Waals surface area contributed by atoms with E-state index in [-0.39, 0.29) is 0 Å². The van der Waals surface area contributed by atoms with Gasteiger partial charge < -0.3 is 0 Å². The Morgan fingerprint density at radius 3 is 1.71 bits per heavy atom. The Bertz CT molecular complexity index is 910. The van der Waals surface area contributed by atoms with Crippen LogP contribution in [0.3, 0.4) is 0 Å². The van der Waals surface area contributed by atoms with Crippen LogP contribution >= 0.6 is 7.14 Å². The average Bonchev–Trinajstić information content (AvgIpc) is 2.77. The number of rotatable bonds is 8. The van der Waals surface area contributed by atoms with Gasteiger partial charge in [0.1, 0.15) is 0 Å². The van der Waals surface area contributed by atoms with E-state index in [1.807, 2.05) is 66.7 Å². The van der Waals surface area contributed by atoms with Crippen molar-refractivity contribution in [1.29, 1.82) is 0 Å². The van der Waals surface area contributed by atoms with Crippen molar-refractivity contribution in [3.8, 4) is 0 Å². The van der Waals surface area contributed by atoms with Crippen LogP contribution in [0, 0.1) is 0 Å². The predicted molar refractivity (Wildman–Crippen MR) is 121 cm³/mol. The van der Waals surface area contributed by atoms with E-state index in [4.69, 9.17) is 4.74 Å². The van der Waals surface area contributed by atoms with E-state index < -0.39 is 28.1 Å². The zero-order valence-electron chi connectivity index (χ0n) is 16.2. The van der Waals surface area contributed by atoms with E-state index in [1.54, 1.807) is 7.11 Å². The van der Waals surface area contributed by atoms with Gasteiger partial charge in [-0.25, -0.2) is 0 Å². The van der Waals surface area contributed by atoms with Crippen molar-refractivity contribution in [2.75, 3.05) is 13.7 Å². The summed E-state index contributed by atoms with van der Waals surface area (Å²) in [7, 11) is -1.23. The summed E-state index contributed by atoms with van der Waals surface area (Å²) >= 11 is -0.830. The van der Waals surface area contributed by atoms with E-state index in [9.17, 15) is 4.57 Å². The molecule has 28 heavy (non-hydrogen) atoms. The summed E-state index contributed by atoms with van der Waals surface area (Å²) in [5.41, 5.74) is 1.17. The Morgan fingerprint density at radius 1 is 0.821 bits per heavy atom. The molecule has 0 saturated heterocycles. The van der Waals surface area contributed by atoms with Gasteiger partial charge in [-0.15, -0.1) is 0 Å². The molecule has 0 radical (unpaired) electrons. The molecule has 0 fully saturated rings. The molecule has 0 unspecified atom stereocenters. The van der Waals surface area contributed by atoms with E-state index >= 15 is 0 Å². The normalized spacial score (nSPS) is 12.5. The van der Waals surface area contributed by atoms with Crippen LogP contribution in [0.1, 0.15) is 13.3 Å². The van der Waals surface area contributed by atoms with Crippen LogP contribution in [0.5, 0.6) is 0 Å². The average molecular weight is 504 g/mol. The second-order valence-electron chi connectivity index (χ2n) is 6.39. The minimum absolute atomic E-state index is 0.521. The van der Waals surface area contributed by atoms with Crippen LogP contribution in [0.2, 0.25) is 0 Å². The molecule has 0 bridgehead atoms. The molecule has 0 aromatic heterocycles. The van der Waals surface area contributed by atoms with Gasteiger partial charge in [0, 0.05) is 0 Å². The fourth-order valence-corrected chi connectivity index (χ4v) is 11.9. The van der Waals surface area contributed by atoms with Gasteiger partial charge in [0.2, 0.25) is 0 Å². The molecule has 144 valence electrons. The first-order chi connectivity index (χ1) is 13.7. The first kappa shape index (κ1) is 21.1. The van der Waals surface area contributed by atoms with Crippen molar-refractivity contribution in [2.45, 2.75) is 13.3 Å². The molecule has 0 aliphatic rings. The van der Waals surface area contributed by atoms with Crippen LogP contribution in [-0.4, -0.2) is 34.6 Å². The summed E-state index contributed by atoms with van der Waals surface area (Å²) in [5, 5.41) is 1.80. The second kappa shape index (κ2) is 10.2. The van der Waals surface area contributed by atoms with Gasteiger partial charge in [0.05, 0.1) is 0 Å². The minimum atomic E-state index is -2.94. The molecule has 0 amide bonds. The fourth-order valence-electron chi connectivity index (χ4n) is 3.11. The SMILES string of the molecule is CC/C(COC)=C(\[Te]c1ccccc1)P(=O)(c1ccccc1)c1ccccc1. The molecule has 0 N–H and O–H groups in total. The molecular weight excluding hydrogens is 479 g/mol. The number of ether oxygens (including phenoxy) is 1. The van der Waals surface area contributed by atoms with Gasteiger partial charge >= 0.3 is 179 Å². The van der Waals surface area contributed by atoms with Crippen LogP contribution in [0.4, 0.5) is 0 Å². The maximum atomic E-state index is 14.9. The summed E-state index contributed by atoms with van der Waals surface area (Å²) in [6, 6.07) is 30.4. The molecule has 4 heteroatoms. The first-order valence-electron chi connectivity index (χ1n) is 9.35. The van der Waals surface area contributed by atoms with Crippen molar-refractivity contribution in [3.05, 3.63) is 99.9 Å². The van der Waals surface area contributed by atoms with Gasteiger partial charge in [-0.2, -0.15) is 0 Å². The molecule has 0 aliphatic carbocycles. The Hall–Kier alpha value is -1.62. The first-order valence-corrected chi connectivity index (χ1v) is 13.4. The summed E-state index contributed by atoms with van der Waals surface area (Å²) in [6.45, 7) is 2.65. The Balaban J connectivity index is 2.27. The van der Waals surface area contributed by atoms with Crippen molar-refractivity contribution in [2.24, 2.45) is 0 Å². The molecule has 0 aliphatic heterocycles. The molecule has 2 nitrogen and oxygen atoms in total. The van der Waals surface area contributed by atoms with Crippen LogP contribution in [0.15, 0.2) is 99.9 Å². The topological polar surface area (TPSA) is 26.3 Å². The molecule has 0 atom stereocenters. The molecule has 3 rings (SSSR count). The van der Waals surface area contributed by atoms with E-state index in [2.05, 4.69) is 31.2 Å². The summed E-state index contributed by atoms with van der Waals surface area (Å²) in [6.07, 6.45) is 0.838. The number of benzene rings is 3. The van der Waals surface area contributed by atoms with Gasteiger partial charge in [0.25, 0.3) is 0 Å². The number of hydrogen-bond acceptors (Lipinski definition) is 2. The Morgan fingerprint density at radius 2 is 1.29 bits per heavy atom. The number of methoxy groups -OCH3 is 1. The molecule has 0 heterocycles. The molecule has 0 saturated carbocycles. The Labute approximate surface area is 178 Å². The van der Waals surface area contributed by atoms with Crippen LogP contribution < -0.4 is 14.2 Å². The molecule has 3 aromatic carbocycles. The van der Waals surface area contributed by atoms with Crippen molar-refractivity contribution < 1.29 is 9.30 Å². The standard InChI is InChI=1S/C24H25O2PTe/c1-3-20(19-26-2)24(28-23-17-11-6-12-18-23)27(25,21-13-7-4-8-14-21)22-15-9-5-10-16-22/h4-18H,3,19H2,1-2H3/b24-20+. The van der Waals surface area contributed by atoms with Crippen molar-refractivity contribution in [1.82, 2.24) is 0 Å². The third-order valence-corrected chi connectivity index (χ3v) is 13.1. The van der Waals surface area contributed by atoms with Gasteiger partial charge in [0.15, 0.2) is 0 Å². The molecular formula is C24H25O2PTe. The van der Waals surface area contributed by atoms with Crippen LogP contribution in [0.25, 0.3) is 0 Å². The van der Waals surface area contributed by atoms with Crippen molar-refractivity contribution in [3.63, 3.8) is 0 Å². The van der Waals surface area contributed by atoms with Gasteiger partial charge in [-0.1, -0.05) is 0 Å². The molecule has 0 spiro atoms. The third kappa shape index (κ3) is 4.68. The van der Waals surface area contributed by atoms with E-state index in [0.29, 0.717) is 6.61 Å². The van der Waals surface area contributed by atoms with Gasteiger partial charge in [-0.05, 0) is 0 Å². The van der Waals surface area contributed by atoms with E-state index in [0.717, 1.165) is 20.4 Å². The van der Waals surface area contributed by atoms with Gasteiger partial charge in [-0.3, -0.25) is 0 Å². The van der Waals surface area contributed by atoms with Crippen LogP contribution in [-0.2, 0) is 9.30 Å². The maximum absolute atomic E-state index is 14.9. The zero-order chi connectivity index (χ0) is 19.8. The predicted octanol–water partition coefficient (Wildman–Crippen LogP) is 4.30. The van der Waals surface area contributed by atoms with Crippen molar-refractivity contribution >= 4 is 42.3 Å². The summed E-state index contributed by atoms with van der Waals surface area (Å²) in [4.78, 5) is 0. The monoisotopic (exact) mass is 506 g/mol. The van der Waals surface area contributed by atoms with E-state index in [1.165, 1.54) is 9.18 Å². The summed E-state index contributed by atoms with van der Waals surface area (Å²) in [5.74, 6) is 0. The fraction of sp³-hybridized carbons (Fsp3) is 0.167.